The summed E-state index contributed by atoms with van der Waals surface area (Å²) in [6, 6.07) is 4.66. The Morgan fingerprint density at radius 3 is 3.00 bits per heavy atom. The van der Waals surface area contributed by atoms with Gasteiger partial charge in [0.05, 0.1) is 37.4 Å². The average molecular weight is 349 g/mol. The van der Waals surface area contributed by atoms with Gasteiger partial charge in [0.25, 0.3) is 5.69 Å². The fourth-order valence-electron chi connectivity index (χ4n) is 3.64. The number of nitro groups is 1. The van der Waals surface area contributed by atoms with Gasteiger partial charge < -0.3 is 14.8 Å². The number of nitrogens with zero attached hydrogens (tertiary/aromatic N) is 2. The molecule has 2 aliphatic rings. The molecule has 1 amide bonds. The lowest BCUT2D eigenvalue weighted by molar-refractivity contribution is -0.384. The van der Waals surface area contributed by atoms with E-state index in [1.54, 1.807) is 6.07 Å². The zero-order chi connectivity index (χ0) is 17.8. The second-order valence-corrected chi connectivity index (χ2v) is 6.42. The van der Waals surface area contributed by atoms with Crippen molar-refractivity contribution >= 4 is 17.3 Å². The fraction of sp³-hybridized carbons (Fsp3) is 0.588. The number of fused-ring (bicyclic) bond motifs is 1. The third-order valence-electron chi connectivity index (χ3n) is 4.87. The monoisotopic (exact) mass is 349 g/mol. The fourth-order valence-corrected chi connectivity index (χ4v) is 3.64. The molecule has 1 saturated heterocycles. The van der Waals surface area contributed by atoms with Crippen LogP contribution in [-0.2, 0) is 9.53 Å². The normalized spacial score (nSPS) is 23.6. The van der Waals surface area contributed by atoms with Crippen LogP contribution in [0.1, 0.15) is 25.7 Å². The van der Waals surface area contributed by atoms with Crippen LogP contribution in [0.5, 0.6) is 5.75 Å². The number of hydrogen-bond acceptors (Lipinski definition) is 6. The first kappa shape index (κ1) is 17.6. The van der Waals surface area contributed by atoms with Crippen LogP contribution in [0.3, 0.4) is 0 Å². The molecule has 0 bridgehead atoms. The molecular formula is C17H23N3O5. The maximum Gasteiger partial charge on any atom is 0.296 e. The molecule has 0 unspecified atom stereocenters. The van der Waals surface area contributed by atoms with Gasteiger partial charge in [0.15, 0.2) is 0 Å². The van der Waals surface area contributed by atoms with E-state index in [4.69, 9.17) is 9.47 Å². The summed E-state index contributed by atoms with van der Waals surface area (Å²) in [4.78, 5) is 25.3. The number of carbonyl (C=O) groups excluding carboxylic acids is 1. The van der Waals surface area contributed by atoms with Crippen LogP contribution in [0.15, 0.2) is 18.2 Å². The lowest BCUT2D eigenvalue weighted by atomic mass is 9.90. The molecule has 1 N–H and O–H groups in total. The van der Waals surface area contributed by atoms with E-state index < -0.39 is 4.92 Å². The maximum atomic E-state index is 12.4. The standard InChI is InChI=1S/C17H23N3O5/c1-24-12-6-7-13(15(10-12)20(22)23)18-17(21)11-19-8-9-25-16-5-3-2-4-14(16)19/h6-7,10,14,16H,2-5,8-9,11H2,1H3,(H,18,21)/t14-,16+/m1/s1. The number of benzene rings is 1. The number of nitro benzene ring substituents is 1. The first-order valence-corrected chi connectivity index (χ1v) is 8.56. The topological polar surface area (TPSA) is 93.9 Å². The Hall–Kier alpha value is -2.19. The number of morpholine rings is 1. The summed E-state index contributed by atoms with van der Waals surface area (Å²) in [5.41, 5.74) is 0.00877. The van der Waals surface area contributed by atoms with Gasteiger partial charge in [-0.3, -0.25) is 19.8 Å². The molecule has 2 atom stereocenters. The van der Waals surface area contributed by atoms with Crippen molar-refractivity contribution in [1.29, 1.82) is 0 Å². The summed E-state index contributed by atoms with van der Waals surface area (Å²) >= 11 is 0. The van der Waals surface area contributed by atoms with Crippen molar-refractivity contribution in [3.8, 4) is 5.75 Å². The molecule has 8 heteroatoms. The Balaban J connectivity index is 1.67. The smallest absolute Gasteiger partial charge is 0.296 e. The molecule has 2 fully saturated rings. The molecule has 1 aromatic carbocycles. The minimum Gasteiger partial charge on any atom is -0.496 e. The molecule has 25 heavy (non-hydrogen) atoms. The van der Waals surface area contributed by atoms with Crippen LogP contribution in [0.4, 0.5) is 11.4 Å². The summed E-state index contributed by atoms with van der Waals surface area (Å²) in [7, 11) is 1.44. The van der Waals surface area contributed by atoms with E-state index in [2.05, 4.69) is 10.2 Å². The lowest BCUT2D eigenvalue weighted by Crippen LogP contribution is -2.54. The van der Waals surface area contributed by atoms with Gasteiger partial charge in [-0.1, -0.05) is 12.8 Å². The van der Waals surface area contributed by atoms with Crippen LogP contribution in [0.2, 0.25) is 0 Å². The van der Waals surface area contributed by atoms with Crippen LogP contribution in [0, 0.1) is 10.1 Å². The van der Waals surface area contributed by atoms with Crippen LogP contribution < -0.4 is 10.1 Å². The van der Waals surface area contributed by atoms with Crippen LogP contribution in [-0.4, -0.2) is 54.7 Å². The Morgan fingerprint density at radius 1 is 1.44 bits per heavy atom. The van der Waals surface area contributed by atoms with Crippen molar-refractivity contribution in [3.63, 3.8) is 0 Å². The number of anilines is 1. The third-order valence-corrected chi connectivity index (χ3v) is 4.87. The molecule has 136 valence electrons. The van der Waals surface area contributed by atoms with Gasteiger partial charge in [0.2, 0.25) is 5.91 Å². The molecule has 3 rings (SSSR count). The molecule has 0 aromatic heterocycles. The molecule has 0 spiro atoms. The van der Waals surface area contributed by atoms with Crippen molar-refractivity contribution in [1.82, 2.24) is 4.90 Å². The van der Waals surface area contributed by atoms with Gasteiger partial charge >= 0.3 is 0 Å². The number of rotatable bonds is 5. The minimum atomic E-state index is -0.524. The Labute approximate surface area is 146 Å². The van der Waals surface area contributed by atoms with E-state index in [0.29, 0.717) is 18.9 Å². The van der Waals surface area contributed by atoms with Crippen molar-refractivity contribution < 1.29 is 19.2 Å². The van der Waals surface area contributed by atoms with Gasteiger partial charge in [0, 0.05) is 12.6 Å². The Kier molecular flexibility index (Phi) is 5.50. The van der Waals surface area contributed by atoms with Gasteiger partial charge in [0.1, 0.15) is 11.4 Å². The molecular weight excluding hydrogens is 326 g/mol. The second kappa shape index (κ2) is 7.79. The summed E-state index contributed by atoms with van der Waals surface area (Å²) in [5.74, 6) is 0.127. The third kappa shape index (κ3) is 4.08. The largest absolute Gasteiger partial charge is 0.496 e. The van der Waals surface area contributed by atoms with Crippen molar-refractivity contribution in [2.45, 2.75) is 37.8 Å². The second-order valence-electron chi connectivity index (χ2n) is 6.42. The highest BCUT2D eigenvalue weighted by Gasteiger charge is 2.35. The average Bonchev–Trinajstić information content (AvgIpc) is 2.62. The zero-order valence-electron chi connectivity index (χ0n) is 14.3. The summed E-state index contributed by atoms with van der Waals surface area (Å²) in [6.45, 7) is 1.55. The number of nitrogens with one attached hydrogen (secondary N) is 1. The van der Waals surface area contributed by atoms with Gasteiger partial charge in [-0.05, 0) is 25.0 Å². The predicted octanol–water partition coefficient (Wildman–Crippen LogP) is 2.19. The minimum absolute atomic E-state index is 0.176. The van der Waals surface area contributed by atoms with E-state index in [1.165, 1.54) is 25.7 Å². The van der Waals surface area contributed by atoms with E-state index in [0.717, 1.165) is 19.3 Å². The lowest BCUT2D eigenvalue weighted by Gasteiger charge is -2.43. The first-order valence-electron chi connectivity index (χ1n) is 8.56. The highest BCUT2D eigenvalue weighted by atomic mass is 16.6. The first-order chi connectivity index (χ1) is 12.1. The number of methoxy groups -OCH3 is 1. The number of carbonyl (C=O) groups is 1. The highest BCUT2D eigenvalue weighted by molar-refractivity contribution is 5.94. The van der Waals surface area contributed by atoms with Gasteiger partial charge in [-0.25, -0.2) is 0 Å². The molecule has 1 saturated carbocycles. The van der Waals surface area contributed by atoms with E-state index in [9.17, 15) is 14.9 Å². The number of ether oxygens (including phenoxy) is 2. The van der Waals surface area contributed by atoms with Crippen LogP contribution in [0.25, 0.3) is 0 Å². The molecule has 0 radical (unpaired) electrons. The molecule has 8 nitrogen and oxygen atoms in total. The quantitative estimate of drug-likeness (QED) is 0.647. The maximum absolute atomic E-state index is 12.4. The summed E-state index contributed by atoms with van der Waals surface area (Å²) < 4.78 is 10.8. The van der Waals surface area contributed by atoms with Gasteiger partial charge in [-0.2, -0.15) is 0 Å². The predicted molar refractivity (Wildman–Crippen MR) is 91.8 cm³/mol. The van der Waals surface area contributed by atoms with Gasteiger partial charge in [-0.15, -0.1) is 0 Å². The summed E-state index contributed by atoms with van der Waals surface area (Å²) in [5, 5.41) is 13.9. The van der Waals surface area contributed by atoms with E-state index in [1.807, 2.05) is 0 Å². The van der Waals surface area contributed by atoms with E-state index in [-0.39, 0.29) is 36.0 Å². The molecule has 1 heterocycles. The zero-order valence-corrected chi connectivity index (χ0v) is 14.3. The SMILES string of the molecule is COc1ccc(NC(=O)CN2CCO[C@H]3CCCC[C@H]32)c([N+](=O)[O-])c1. The van der Waals surface area contributed by atoms with E-state index >= 15 is 0 Å². The van der Waals surface area contributed by atoms with Crippen molar-refractivity contribution in [2.75, 3.05) is 32.1 Å². The Morgan fingerprint density at radius 2 is 2.24 bits per heavy atom. The van der Waals surface area contributed by atoms with Crippen LogP contribution >= 0.6 is 0 Å². The summed E-state index contributed by atoms with van der Waals surface area (Å²) in [6.07, 6.45) is 4.57. The molecule has 1 aliphatic carbocycles. The van der Waals surface area contributed by atoms with Crippen molar-refractivity contribution in [2.24, 2.45) is 0 Å². The molecule has 1 aliphatic heterocycles. The molecule has 1 aromatic rings. The number of hydrogen-bond donors (Lipinski definition) is 1. The van der Waals surface area contributed by atoms with Crippen molar-refractivity contribution in [3.05, 3.63) is 28.3 Å². The Bertz CT molecular complexity index is 649. The highest BCUT2D eigenvalue weighted by Crippen LogP contribution is 2.30. The number of amides is 1.